The fourth-order valence-electron chi connectivity index (χ4n) is 3.90. The maximum atomic E-state index is 14.6. The van der Waals surface area contributed by atoms with Gasteiger partial charge in [-0.25, -0.2) is 26.7 Å². The topological polar surface area (TPSA) is 79.3 Å². The maximum absolute atomic E-state index is 14.6. The Kier molecular flexibility index (Phi) is 6.99. The fraction of sp³-hybridized carbons (Fsp3) is 0.240. The van der Waals surface area contributed by atoms with Gasteiger partial charge in [-0.15, -0.1) is 0 Å². The monoisotopic (exact) mass is 524 g/mol. The molecule has 0 radical (unpaired) electrons. The van der Waals surface area contributed by atoms with E-state index in [1.54, 1.807) is 0 Å². The molecule has 1 aliphatic rings. The lowest BCUT2D eigenvalue weighted by molar-refractivity contribution is -0.118. The molecule has 0 saturated heterocycles. The van der Waals surface area contributed by atoms with Crippen molar-refractivity contribution in [3.63, 3.8) is 0 Å². The van der Waals surface area contributed by atoms with Crippen LogP contribution in [0.1, 0.15) is 46.8 Å². The van der Waals surface area contributed by atoms with Crippen LogP contribution >= 0.6 is 11.6 Å². The van der Waals surface area contributed by atoms with E-state index in [4.69, 9.17) is 16.7 Å². The largest absolute Gasteiger partial charge is 0.478 e. The van der Waals surface area contributed by atoms with Crippen molar-refractivity contribution in [3.8, 4) is 11.1 Å². The van der Waals surface area contributed by atoms with Crippen LogP contribution in [0.5, 0.6) is 0 Å². The molecule has 2 N–H and O–H groups in total. The van der Waals surface area contributed by atoms with Gasteiger partial charge in [0, 0.05) is 40.9 Å². The van der Waals surface area contributed by atoms with Crippen LogP contribution in [-0.4, -0.2) is 27.9 Å². The highest BCUT2D eigenvalue weighted by molar-refractivity contribution is 6.31. The molecule has 2 atom stereocenters. The van der Waals surface area contributed by atoms with E-state index in [-0.39, 0.29) is 40.4 Å². The Labute approximate surface area is 206 Å². The zero-order valence-electron chi connectivity index (χ0n) is 18.3. The summed E-state index contributed by atoms with van der Waals surface area (Å²) in [6.07, 6.45) is -2.52. The minimum Gasteiger partial charge on any atom is -0.478 e. The van der Waals surface area contributed by atoms with E-state index in [1.807, 2.05) is 0 Å². The summed E-state index contributed by atoms with van der Waals surface area (Å²) in [7, 11) is 0. The van der Waals surface area contributed by atoms with Crippen LogP contribution in [0.15, 0.2) is 54.7 Å². The van der Waals surface area contributed by atoms with Gasteiger partial charge in [0.2, 0.25) is 5.91 Å². The molecule has 1 heterocycles. The van der Waals surface area contributed by atoms with Crippen molar-refractivity contribution < 1.29 is 36.6 Å². The first kappa shape index (κ1) is 25.6. The minimum absolute atomic E-state index is 0.00385. The summed E-state index contributed by atoms with van der Waals surface area (Å²) in [5.74, 6) is -7.95. The first-order valence-corrected chi connectivity index (χ1v) is 11.1. The molecule has 1 saturated carbocycles. The number of carboxylic acid groups (broad SMARTS) is 1. The number of anilines is 1. The molecule has 1 aliphatic carbocycles. The lowest BCUT2D eigenvalue weighted by atomic mass is 9.94. The summed E-state index contributed by atoms with van der Waals surface area (Å²) in [6, 6.07) is 9.84. The molecular formula is C25H18ClF5N2O3. The van der Waals surface area contributed by atoms with Crippen LogP contribution in [0.2, 0.25) is 5.02 Å². The van der Waals surface area contributed by atoms with E-state index in [0.717, 1.165) is 18.3 Å². The predicted octanol–water partition coefficient (Wildman–Crippen LogP) is 6.94. The van der Waals surface area contributed by atoms with Crippen molar-refractivity contribution in [2.24, 2.45) is 5.92 Å². The molecule has 11 heteroatoms. The Morgan fingerprint density at radius 2 is 1.78 bits per heavy atom. The second-order valence-corrected chi connectivity index (χ2v) is 8.83. The number of amides is 1. The lowest BCUT2D eigenvalue weighted by Crippen LogP contribution is -2.23. The highest BCUT2D eigenvalue weighted by atomic mass is 35.5. The third-order valence-electron chi connectivity index (χ3n) is 5.99. The molecule has 36 heavy (non-hydrogen) atoms. The highest BCUT2D eigenvalue weighted by Gasteiger charge is 2.57. The van der Waals surface area contributed by atoms with E-state index >= 15 is 0 Å². The fourth-order valence-corrected chi connectivity index (χ4v) is 4.06. The van der Waals surface area contributed by atoms with Gasteiger partial charge in [0.25, 0.3) is 12.3 Å². The zero-order valence-corrected chi connectivity index (χ0v) is 19.1. The van der Waals surface area contributed by atoms with Crippen LogP contribution in [0.25, 0.3) is 11.1 Å². The number of nitrogens with zero attached hydrogens (tertiary/aromatic N) is 1. The van der Waals surface area contributed by atoms with Gasteiger partial charge in [0.15, 0.2) is 0 Å². The van der Waals surface area contributed by atoms with E-state index in [9.17, 15) is 31.5 Å². The lowest BCUT2D eigenvalue weighted by Gasteiger charge is -2.18. The molecule has 188 valence electrons. The first-order valence-electron chi connectivity index (χ1n) is 10.7. The van der Waals surface area contributed by atoms with Gasteiger partial charge in [0.1, 0.15) is 5.82 Å². The van der Waals surface area contributed by atoms with E-state index in [1.165, 1.54) is 36.4 Å². The number of hydrogen-bond acceptors (Lipinski definition) is 3. The molecule has 1 fully saturated rings. The average molecular weight is 525 g/mol. The summed E-state index contributed by atoms with van der Waals surface area (Å²) in [6.45, 7) is 0. The van der Waals surface area contributed by atoms with Gasteiger partial charge in [-0.1, -0.05) is 23.7 Å². The van der Waals surface area contributed by atoms with E-state index in [0.29, 0.717) is 0 Å². The normalized spacial score (nSPS) is 17.0. The number of benzene rings is 2. The van der Waals surface area contributed by atoms with Gasteiger partial charge in [-0.05, 0) is 42.8 Å². The van der Waals surface area contributed by atoms with Gasteiger partial charge in [-0.2, -0.15) is 0 Å². The number of aromatic nitrogens is 1. The van der Waals surface area contributed by atoms with Crippen molar-refractivity contribution in [2.75, 3.05) is 5.32 Å². The standard InChI is InChI=1S/C25H18ClF5N2O3/c26-18-7-6-16(22(28)29)20(21(18)27)13-3-8-19(32-11-13)17(9-14-10-25(14,30)31)23(34)33-15-4-1-12(2-5-15)24(35)36/h1-8,11,14,17,22H,9-10H2,(H,33,34)(H,35,36). The predicted molar refractivity (Wildman–Crippen MR) is 122 cm³/mol. The third-order valence-corrected chi connectivity index (χ3v) is 6.28. The number of carboxylic acids is 1. The maximum Gasteiger partial charge on any atom is 0.335 e. The van der Waals surface area contributed by atoms with Gasteiger partial charge in [0.05, 0.1) is 22.2 Å². The Morgan fingerprint density at radius 3 is 2.31 bits per heavy atom. The average Bonchev–Trinajstić information content (AvgIpc) is 3.45. The van der Waals surface area contributed by atoms with Crippen molar-refractivity contribution >= 4 is 29.2 Å². The third kappa shape index (κ3) is 5.33. The smallest absolute Gasteiger partial charge is 0.335 e. The van der Waals surface area contributed by atoms with Gasteiger partial charge >= 0.3 is 5.97 Å². The molecule has 2 aromatic carbocycles. The van der Waals surface area contributed by atoms with Crippen molar-refractivity contribution in [1.82, 2.24) is 4.98 Å². The molecule has 1 aromatic heterocycles. The summed E-state index contributed by atoms with van der Waals surface area (Å²) in [5.41, 5.74) is -0.725. The summed E-state index contributed by atoms with van der Waals surface area (Å²) >= 11 is 5.76. The molecular weight excluding hydrogens is 507 g/mol. The van der Waals surface area contributed by atoms with E-state index < -0.39 is 53.0 Å². The van der Waals surface area contributed by atoms with E-state index in [2.05, 4.69) is 10.3 Å². The number of pyridine rings is 1. The number of aromatic carboxylic acids is 1. The van der Waals surface area contributed by atoms with Crippen LogP contribution in [0.3, 0.4) is 0 Å². The quantitative estimate of drug-likeness (QED) is 0.313. The van der Waals surface area contributed by atoms with Crippen LogP contribution < -0.4 is 5.32 Å². The number of nitrogens with one attached hydrogen (secondary N) is 1. The Balaban J connectivity index is 1.63. The SMILES string of the molecule is O=C(O)c1ccc(NC(=O)C(CC2CC2(F)F)c2ccc(-c3c(C(F)F)ccc(Cl)c3F)cn2)cc1. The highest BCUT2D eigenvalue weighted by Crippen LogP contribution is 2.53. The molecule has 0 bridgehead atoms. The molecule has 1 amide bonds. The second kappa shape index (κ2) is 9.85. The minimum atomic E-state index is -2.99. The molecule has 0 aliphatic heterocycles. The summed E-state index contributed by atoms with van der Waals surface area (Å²) in [4.78, 5) is 28.1. The molecule has 5 nitrogen and oxygen atoms in total. The second-order valence-electron chi connectivity index (χ2n) is 8.42. The Hall–Kier alpha value is -3.53. The van der Waals surface area contributed by atoms with Gasteiger partial charge < -0.3 is 10.4 Å². The number of halogens is 6. The van der Waals surface area contributed by atoms with Crippen molar-refractivity contribution in [1.29, 1.82) is 0 Å². The molecule has 4 rings (SSSR count). The number of carbonyl (C=O) groups excluding carboxylic acids is 1. The Bertz CT molecular complexity index is 1300. The van der Waals surface area contributed by atoms with Crippen molar-refractivity contribution in [3.05, 3.63) is 82.4 Å². The number of alkyl halides is 4. The van der Waals surface area contributed by atoms with Crippen LogP contribution in [-0.2, 0) is 4.79 Å². The molecule has 0 spiro atoms. The van der Waals surface area contributed by atoms with Crippen LogP contribution in [0.4, 0.5) is 27.6 Å². The van der Waals surface area contributed by atoms with Crippen LogP contribution in [0, 0.1) is 11.7 Å². The van der Waals surface area contributed by atoms with Crippen molar-refractivity contribution in [2.45, 2.75) is 31.1 Å². The molecule has 3 aromatic rings. The zero-order chi connectivity index (χ0) is 26.2. The summed E-state index contributed by atoms with van der Waals surface area (Å²) < 4.78 is 68.8. The molecule has 2 unspecified atom stereocenters. The van der Waals surface area contributed by atoms with Gasteiger partial charge in [-0.3, -0.25) is 9.78 Å². The number of carbonyl (C=O) groups is 2. The summed E-state index contributed by atoms with van der Waals surface area (Å²) in [5, 5.41) is 11.2. The Morgan fingerprint density at radius 1 is 1.11 bits per heavy atom. The number of hydrogen-bond donors (Lipinski definition) is 2. The first-order chi connectivity index (χ1) is 17.0. The number of rotatable bonds is 8.